The SMILES string of the molecule is NCC[S-].NCC[S-].NCC[S-].NCC[S-].[O]=[Re][O][Re]=[O]. The third-order valence-corrected chi connectivity index (χ3v) is 4.60. The third-order valence-electron chi connectivity index (χ3n) is 0.519. The average molecular weight is 725 g/mol. The number of hydrogen-bond acceptors (Lipinski definition) is 11. The van der Waals surface area contributed by atoms with Gasteiger partial charge in [-0.25, -0.2) is 0 Å². The van der Waals surface area contributed by atoms with Gasteiger partial charge in [-0.1, -0.05) is 0 Å². The molecule has 0 aromatic rings. The van der Waals surface area contributed by atoms with Crippen LogP contribution in [-0.2, 0) is 96.3 Å². The maximum atomic E-state index is 9.30. The molecule has 0 aromatic carbocycles. The molecule has 8 N–H and O–H groups in total. The quantitative estimate of drug-likeness (QED) is 0.219. The first kappa shape index (κ1) is 34.5. The molecule has 0 radical (unpaired) electrons. The zero-order valence-corrected chi connectivity index (χ0v) is 20.3. The predicted octanol–water partition coefficient (Wildman–Crippen LogP) is -2.34. The van der Waals surface area contributed by atoms with E-state index in [1.807, 2.05) is 0 Å². The maximum absolute atomic E-state index is 9.30. The zero-order chi connectivity index (χ0) is 17.8. The molecule has 0 fully saturated rings. The summed E-state index contributed by atoms with van der Waals surface area (Å²) in [4.78, 5) is 0. The van der Waals surface area contributed by atoms with E-state index in [0.717, 1.165) is 0 Å². The van der Waals surface area contributed by atoms with Crippen LogP contribution in [0.4, 0.5) is 0 Å². The third kappa shape index (κ3) is 136. The van der Waals surface area contributed by atoms with Crippen molar-refractivity contribution in [3.05, 3.63) is 0 Å². The molecule has 0 rings (SSSR count). The molecule has 0 aliphatic carbocycles. The van der Waals surface area contributed by atoms with Crippen molar-refractivity contribution >= 4 is 50.5 Å². The Morgan fingerprint density at radius 1 is 0.619 bits per heavy atom. The first-order chi connectivity index (χ1) is 10.1. The van der Waals surface area contributed by atoms with Crippen LogP contribution in [0.25, 0.3) is 0 Å². The van der Waals surface area contributed by atoms with Crippen LogP contribution in [0.3, 0.4) is 0 Å². The van der Waals surface area contributed by atoms with Crippen LogP contribution in [0.2, 0.25) is 0 Å². The van der Waals surface area contributed by atoms with E-state index in [4.69, 9.17) is 22.9 Å². The van der Waals surface area contributed by atoms with E-state index in [-0.39, 0.29) is 0 Å². The summed E-state index contributed by atoms with van der Waals surface area (Å²) >= 11 is 14.4. The van der Waals surface area contributed by atoms with Gasteiger partial charge in [-0.05, 0) is 26.2 Å². The van der Waals surface area contributed by atoms with Gasteiger partial charge in [0.25, 0.3) is 0 Å². The van der Waals surface area contributed by atoms with E-state index in [2.05, 4.69) is 52.7 Å². The minimum absolute atomic E-state index is 0.634. The Hall–Kier alpha value is 2.12. The average Bonchev–Trinajstić information content (AvgIpc) is 2.56. The first-order valence-corrected chi connectivity index (χ1v) is 12.1. The molecule has 0 heterocycles. The van der Waals surface area contributed by atoms with Gasteiger partial charge in [-0.2, -0.15) is 23.0 Å². The molecule has 13 heteroatoms. The Morgan fingerprint density at radius 2 is 0.762 bits per heavy atom. The summed E-state index contributed by atoms with van der Waals surface area (Å²) in [5.41, 5.74) is 19.7. The Labute approximate surface area is 167 Å². The summed E-state index contributed by atoms with van der Waals surface area (Å²) in [7, 11) is 0. The van der Waals surface area contributed by atoms with Gasteiger partial charge >= 0.3 is 45.7 Å². The Balaban J connectivity index is -0.0000000510. The van der Waals surface area contributed by atoms with Crippen molar-refractivity contribution in [1.29, 1.82) is 0 Å². The monoisotopic (exact) mass is 726 g/mol. The topological polar surface area (TPSA) is 147 Å². The van der Waals surface area contributed by atoms with E-state index in [9.17, 15) is 6.94 Å². The van der Waals surface area contributed by atoms with E-state index in [1.54, 1.807) is 0 Å². The summed E-state index contributed by atoms with van der Waals surface area (Å²) < 4.78 is 22.6. The van der Waals surface area contributed by atoms with Crippen molar-refractivity contribution in [1.82, 2.24) is 0 Å². The fourth-order valence-corrected chi connectivity index (χ4v) is 0.651. The molecule has 0 atom stereocenters. The van der Waals surface area contributed by atoms with Crippen molar-refractivity contribution in [2.75, 3.05) is 49.2 Å². The van der Waals surface area contributed by atoms with Crippen molar-refractivity contribution in [2.24, 2.45) is 22.9 Å². The van der Waals surface area contributed by atoms with Gasteiger partial charge in [0, 0.05) is 0 Å². The summed E-state index contributed by atoms with van der Waals surface area (Å²) in [6.07, 6.45) is 0. The molecule has 0 aliphatic heterocycles. The van der Waals surface area contributed by atoms with Gasteiger partial charge in [-0.15, -0.1) is 0 Å². The fraction of sp³-hybridized carbons (Fsp3) is 1.00. The van der Waals surface area contributed by atoms with Crippen LogP contribution in [-0.4, -0.2) is 49.2 Å². The molecule has 0 saturated carbocycles. The molecule has 0 bridgehead atoms. The molecule has 21 heavy (non-hydrogen) atoms. The Kier molecular flexibility index (Phi) is 94.0. The predicted molar refractivity (Wildman–Crippen MR) is 87.6 cm³/mol. The van der Waals surface area contributed by atoms with Crippen LogP contribution in [0.1, 0.15) is 0 Å². The van der Waals surface area contributed by atoms with Gasteiger partial charge in [0.15, 0.2) is 0 Å². The standard InChI is InChI=1S/4C2H7NS.3O.2Re/c4*3-1-2-4;;;;;/h4*4H,1-3H2;;;;;/p-4. The summed E-state index contributed by atoms with van der Waals surface area (Å²) in [6, 6.07) is 0. The van der Waals surface area contributed by atoms with Gasteiger partial charge < -0.3 is 73.4 Å². The van der Waals surface area contributed by atoms with E-state index in [0.29, 0.717) is 49.2 Å². The van der Waals surface area contributed by atoms with Crippen LogP contribution in [0.15, 0.2) is 0 Å². The number of hydrogen-bond donors (Lipinski definition) is 4. The molecule has 0 aliphatic rings. The zero-order valence-electron chi connectivity index (χ0n) is 11.6. The molecule has 0 amide bonds. The Morgan fingerprint density at radius 3 is 0.762 bits per heavy atom. The summed E-state index contributed by atoms with van der Waals surface area (Å²) in [5, 5.41) is 0. The van der Waals surface area contributed by atoms with Crippen LogP contribution in [0.5, 0.6) is 0 Å². The number of nitrogens with two attached hydrogens (primary N) is 4. The fourth-order valence-electron chi connectivity index (χ4n) is 0.00972. The minimum atomic E-state index is -1.67. The molecule has 0 saturated heterocycles. The van der Waals surface area contributed by atoms with E-state index < -0.39 is 36.6 Å². The molecule has 136 valence electrons. The van der Waals surface area contributed by atoms with E-state index in [1.165, 1.54) is 0 Å². The van der Waals surface area contributed by atoms with Gasteiger partial charge in [0.05, 0.1) is 0 Å². The van der Waals surface area contributed by atoms with Crippen molar-refractivity contribution in [3.63, 3.8) is 0 Å². The van der Waals surface area contributed by atoms with Gasteiger partial charge in [-0.3, -0.25) is 0 Å². The summed E-state index contributed by atoms with van der Waals surface area (Å²) in [6.45, 7) is 2.54. The molecular weight excluding hydrogens is 701 g/mol. The second-order valence-corrected chi connectivity index (χ2v) is 8.54. The van der Waals surface area contributed by atoms with Crippen LogP contribution >= 0.6 is 0 Å². The molecule has 0 aromatic heterocycles. The molecule has 0 unspecified atom stereocenters. The number of rotatable bonds is 6. The molecule has 7 nitrogen and oxygen atoms in total. The first-order valence-electron chi connectivity index (χ1n) is 5.40. The van der Waals surface area contributed by atoms with Gasteiger partial charge in [0.2, 0.25) is 0 Å². The van der Waals surface area contributed by atoms with Gasteiger partial charge in [0.1, 0.15) is 0 Å². The van der Waals surface area contributed by atoms with Crippen LogP contribution < -0.4 is 22.9 Å². The second kappa shape index (κ2) is 57.3. The Bertz CT molecular complexity index is 129. The normalized spacial score (nSPS) is 7.62. The van der Waals surface area contributed by atoms with Crippen LogP contribution in [0, 0.1) is 0 Å². The van der Waals surface area contributed by atoms with Crippen molar-refractivity contribution in [3.8, 4) is 0 Å². The van der Waals surface area contributed by atoms with Crippen molar-refractivity contribution < 1.29 is 45.7 Å². The second-order valence-electron chi connectivity index (χ2n) is 2.16. The van der Waals surface area contributed by atoms with Crippen molar-refractivity contribution in [2.45, 2.75) is 0 Å². The summed E-state index contributed by atoms with van der Waals surface area (Å²) in [5.74, 6) is 2.72. The van der Waals surface area contributed by atoms with E-state index >= 15 is 0 Å². The molecular formula is C8H24N4O3Re2S4-4. The molecule has 0 spiro atoms.